The number of hydrogen-bond donors (Lipinski definition) is 1. The second-order valence-corrected chi connectivity index (χ2v) is 5.85. The first-order chi connectivity index (χ1) is 9.58. The van der Waals surface area contributed by atoms with Gasteiger partial charge in [-0.25, -0.2) is 0 Å². The average Bonchev–Trinajstić information content (AvgIpc) is 2.43. The second-order valence-electron chi connectivity index (χ2n) is 5.85. The van der Waals surface area contributed by atoms with E-state index in [2.05, 4.69) is 30.3 Å². The van der Waals surface area contributed by atoms with Crippen molar-refractivity contribution in [1.29, 1.82) is 0 Å². The lowest BCUT2D eigenvalue weighted by Gasteiger charge is -2.39. The molecule has 3 rings (SSSR count). The van der Waals surface area contributed by atoms with Gasteiger partial charge in [0, 0.05) is 13.6 Å². The van der Waals surface area contributed by atoms with Gasteiger partial charge in [0.05, 0.1) is 5.54 Å². The predicted octanol–water partition coefficient (Wildman–Crippen LogP) is 2.68. The van der Waals surface area contributed by atoms with Crippen molar-refractivity contribution in [1.82, 2.24) is 4.90 Å². The summed E-state index contributed by atoms with van der Waals surface area (Å²) < 4.78 is 0. The Labute approximate surface area is 119 Å². The van der Waals surface area contributed by atoms with Gasteiger partial charge in [0.2, 0.25) is 5.91 Å². The molecule has 3 nitrogen and oxygen atoms in total. The van der Waals surface area contributed by atoms with Crippen molar-refractivity contribution < 1.29 is 4.79 Å². The highest BCUT2D eigenvalue weighted by atomic mass is 16.2. The van der Waals surface area contributed by atoms with Crippen LogP contribution < -0.4 is 5.73 Å². The van der Waals surface area contributed by atoms with Gasteiger partial charge < -0.3 is 10.6 Å². The average molecular weight is 268 g/mol. The smallest absolute Gasteiger partial charge is 0.242 e. The van der Waals surface area contributed by atoms with Crippen molar-refractivity contribution in [2.45, 2.75) is 31.3 Å². The maximum atomic E-state index is 12.3. The molecule has 1 fully saturated rings. The monoisotopic (exact) mass is 268 g/mol. The van der Waals surface area contributed by atoms with Crippen molar-refractivity contribution in [2.75, 3.05) is 7.05 Å². The Morgan fingerprint density at radius 2 is 1.90 bits per heavy atom. The van der Waals surface area contributed by atoms with Gasteiger partial charge in [-0.15, -0.1) is 0 Å². The van der Waals surface area contributed by atoms with Crippen LogP contribution in [-0.4, -0.2) is 23.4 Å². The lowest BCUT2D eigenvalue weighted by atomic mass is 9.76. The van der Waals surface area contributed by atoms with Crippen LogP contribution >= 0.6 is 0 Å². The Bertz CT molecular complexity index is 646. The van der Waals surface area contributed by atoms with Crippen molar-refractivity contribution in [3.05, 3.63) is 48.0 Å². The molecular weight excluding hydrogens is 248 g/mol. The molecule has 1 saturated carbocycles. The van der Waals surface area contributed by atoms with Gasteiger partial charge in [-0.3, -0.25) is 4.79 Å². The quantitative estimate of drug-likeness (QED) is 0.930. The zero-order valence-corrected chi connectivity index (χ0v) is 11.8. The van der Waals surface area contributed by atoms with Gasteiger partial charge in [0.1, 0.15) is 0 Å². The number of carbonyl (C=O) groups excluding carboxylic acids is 1. The molecule has 1 aliphatic carbocycles. The van der Waals surface area contributed by atoms with Crippen LogP contribution in [0, 0.1) is 0 Å². The number of nitrogens with two attached hydrogens (primary N) is 1. The summed E-state index contributed by atoms with van der Waals surface area (Å²) in [6.07, 6.45) is 2.69. The lowest BCUT2D eigenvalue weighted by molar-refractivity contribution is -0.139. The summed E-state index contributed by atoms with van der Waals surface area (Å²) in [7, 11) is 1.84. The van der Waals surface area contributed by atoms with Gasteiger partial charge in [0.25, 0.3) is 0 Å². The van der Waals surface area contributed by atoms with E-state index >= 15 is 0 Å². The highest BCUT2D eigenvalue weighted by Crippen LogP contribution is 2.31. The molecule has 0 saturated heterocycles. The Balaban J connectivity index is 1.77. The molecule has 0 unspecified atom stereocenters. The van der Waals surface area contributed by atoms with Crippen molar-refractivity contribution in [3.8, 4) is 0 Å². The number of rotatable bonds is 3. The first-order valence-corrected chi connectivity index (χ1v) is 7.11. The fraction of sp³-hybridized carbons (Fsp3) is 0.353. The first-order valence-electron chi connectivity index (χ1n) is 7.11. The van der Waals surface area contributed by atoms with Gasteiger partial charge >= 0.3 is 0 Å². The number of amides is 1. The van der Waals surface area contributed by atoms with E-state index < -0.39 is 5.54 Å². The Hall–Kier alpha value is -1.87. The molecule has 0 heterocycles. The molecule has 0 aliphatic heterocycles. The molecule has 2 aromatic carbocycles. The molecule has 1 aliphatic rings. The van der Waals surface area contributed by atoms with E-state index in [1.165, 1.54) is 10.8 Å². The molecule has 0 atom stereocenters. The zero-order valence-electron chi connectivity index (χ0n) is 11.8. The highest BCUT2D eigenvalue weighted by molar-refractivity contribution is 5.87. The van der Waals surface area contributed by atoms with E-state index in [0.717, 1.165) is 24.8 Å². The van der Waals surface area contributed by atoms with Crippen LogP contribution in [0.1, 0.15) is 24.8 Å². The van der Waals surface area contributed by atoms with Gasteiger partial charge in [0.15, 0.2) is 0 Å². The third-order valence-corrected chi connectivity index (χ3v) is 4.25. The van der Waals surface area contributed by atoms with Gasteiger partial charge in [-0.2, -0.15) is 0 Å². The maximum Gasteiger partial charge on any atom is 0.242 e. The van der Waals surface area contributed by atoms with Crippen molar-refractivity contribution in [2.24, 2.45) is 5.73 Å². The van der Waals surface area contributed by atoms with E-state index in [9.17, 15) is 4.79 Å². The minimum Gasteiger partial charge on any atom is -0.340 e. The van der Waals surface area contributed by atoms with Crippen molar-refractivity contribution >= 4 is 16.7 Å². The molecule has 2 aromatic rings. The Morgan fingerprint density at radius 1 is 1.20 bits per heavy atom. The minimum absolute atomic E-state index is 0.0666. The summed E-state index contributed by atoms with van der Waals surface area (Å²) in [4.78, 5) is 14.1. The zero-order chi connectivity index (χ0) is 14.2. The minimum atomic E-state index is -0.606. The summed E-state index contributed by atoms with van der Waals surface area (Å²) >= 11 is 0. The normalized spacial score (nSPS) is 16.7. The fourth-order valence-electron chi connectivity index (χ4n) is 2.83. The van der Waals surface area contributed by atoms with E-state index in [1.54, 1.807) is 4.90 Å². The summed E-state index contributed by atoms with van der Waals surface area (Å²) in [6.45, 7) is 0.614. The van der Waals surface area contributed by atoms with Gasteiger partial charge in [-0.1, -0.05) is 36.4 Å². The first kappa shape index (κ1) is 13.1. The molecule has 104 valence electrons. The standard InChI is InChI=1S/C17H20N2O/c1-19(16(20)17(18)9-4-10-17)12-13-7-8-14-5-2-3-6-15(14)11-13/h2-3,5-8,11H,4,9-10,12,18H2,1H3. The number of benzene rings is 2. The fourth-order valence-corrected chi connectivity index (χ4v) is 2.83. The Morgan fingerprint density at radius 3 is 2.55 bits per heavy atom. The number of carbonyl (C=O) groups is 1. The molecular formula is C17H20N2O. The SMILES string of the molecule is CN(Cc1ccc2ccccc2c1)C(=O)C1(N)CCC1. The van der Waals surface area contributed by atoms with Crippen LogP contribution in [0.2, 0.25) is 0 Å². The molecule has 0 spiro atoms. The van der Waals surface area contributed by atoms with Crippen LogP contribution in [0.4, 0.5) is 0 Å². The summed E-state index contributed by atoms with van der Waals surface area (Å²) in [5, 5.41) is 2.43. The second kappa shape index (κ2) is 4.91. The number of fused-ring (bicyclic) bond motifs is 1. The molecule has 20 heavy (non-hydrogen) atoms. The van der Waals surface area contributed by atoms with Crippen LogP contribution in [0.15, 0.2) is 42.5 Å². The summed E-state index contributed by atoms with van der Waals surface area (Å²) in [6, 6.07) is 14.6. The summed E-state index contributed by atoms with van der Waals surface area (Å²) in [5.41, 5.74) is 6.64. The third-order valence-electron chi connectivity index (χ3n) is 4.25. The third kappa shape index (κ3) is 2.29. The summed E-state index contributed by atoms with van der Waals surface area (Å²) in [5.74, 6) is 0.0666. The van der Waals surface area contributed by atoms with E-state index in [1.807, 2.05) is 19.2 Å². The van der Waals surface area contributed by atoms with E-state index in [0.29, 0.717) is 6.54 Å². The van der Waals surface area contributed by atoms with Gasteiger partial charge in [-0.05, 0) is 41.7 Å². The van der Waals surface area contributed by atoms with Crippen molar-refractivity contribution in [3.63, 3.8) is 0 Å². The Kier molecular flexibility index (Phi) is 3.22. The molecule has 0 aromatic heterocycles. The molecule has 0 radical (unpaired) electrons. The lowest BCUT2D eigenvalue weighted by Crippen LogP contribution is -2.58. The van der Waals surface area contributed by atoms with Crippen LogP contribution in [0.25, 0.3) is 10.8 Å². The predicted molar refractivity (Wildman–Crippen MR) is 81.2 cm³/mol. The van der Waals surface area contributed by atoms with Crippen LogP contribution in [0.5, 0.6) is 0 Å². The molecule has 2 N–H and O–H groups in total. The largest absolute Gasteiger partial charge is 0.340 e. The topological polar surface area (TPSA) is 46.3 Å². The van der Waals surface area contributed by atoms with Crippen LogP contribution in [0.3, 0.4) is 0 Å². The maximum absolute atomic E-state index is 12.3. The molecule has 3 heteroatoms. The van der Waals surface area contributed by atoms with E-state index in [-0.39, 0.29) is 5.91 Å². The van der Waals surface area contributed by atoms with E-state index in [4.69, 9.17) is 5.73 Å². The molecule has 1 amide bonds. The molecule has 0 bridgehead atoms. The number of likely N-dealkylation sites (N-methyl/N-ethyl adjacent to an activating group) is 1. The number of hydrogen-bond acceptors (Lipinski definition) is 2. The highest BCUT2D eigenvalue weighted by Gasteiger charge is 2.41. The number of nitrogens with zero attached hydrogens (tertiary/aromatic N) is 1. The van der Waals surface area contributed by atoms with Crippen LogP contribution in [-0.2, 0) is 11.3 Å².